The largest absolute Gasteiger partial charge is 0.295 e. The molecule has 0 unspecified atom stereocenters. The summed E-state index contributed by atoms with van der Waals surface area (Å²) in [5.41, 5.74) is 0.960. The summed E-state index contributed by atoms with van der Waals surface area (Å²) in [6.07, 6.45) is 7.94. The van der Waals surface area contributed by atoms with Gasteiger partial charge in [-0.05, 0) is 24.8 Å². The molecule has 0 N–H and O–H groups in total. The van der Waals surface area contributed by atoms with Crippen LogP contribution in [0.2, 0.25) is 0 Å². The molecule has 1 radical (unpaired) electrons. The molecule has 1 fully saturated rings. The van der Waals surface area contributed by atoms with Crippen LogP contribution >= 0.6 is 0 Å². The van der Waals surface area contributed by atoms with Gasteiger partial charge in [-0.2, -0.15) is 0 Å². The molecule has 10 heavy (non-hydrogen) atoms. The van der Waals surface area contributed by atoms with Gasteiger partial charge in [0.2, 0.25) is 0 Å². The summed E-state index contributed by atoms with van der Waals surface area (Å²) >= 11 is 0. The van der Waals surface area contributed by atoms with Crippen LogP contribution in [0.15, 0.2) is 11.6 Å². The summed E-state index contributed by atoms with van der Waals surface area (Å²) in [7, 11) is 0. The molecule has 1 heteroatoms. The van der Waals surface area contributed by atoms with Crippen molar-refractivity contribution in [2.75, 3.05) is 0 Å². The first-order valence-corrected chi connectivity index (χ1v) is 3.91. The molecule has 0 saturated heterocycles. The van der Waals surface area contributed by atoms with Gasteiger partial charge in [-0.3, -0.25) is 4.79 Å². The van der Waals surface area contributed by atoms with Gasteiger partial charge in [0, 0.05) is 6.42 Å². The second kappa shape index (κ2) is 3.55. The SMILES string of the molecule is CCC/C=C1\[CH]CCC1=O. The fourth-order valence-corrected chi connectivity index (χ4v) is 1.11. The van der Waals surface area contributed by atoms with Crippen LogP contribution in [-0.2, 0) is 4.79 Å². The Kier molecular flexibility index (Phi) is 2.67. The topological polar surface area (TPSA) is 17.1 Å². The van der Waals surface area contributed by atoms with Crippen LogP contribution in [-0.4, -0.2) is 5.78 Å². The van der Waals surface area contributed by atoms with E-state index in [1.165, 1.54) is 0 Å². The third kappa shape index (κ3) is 1.69. The lowest BCUT2D eigenvalue weighted by Crippen LogP contribution is -1.90. The predicted octanol–water partition coefficient (Wildman–Crippen LogP) is 2.28. The molecule has 0 aliphatic heterocycles. The highest BCUT2D eigenvalue weighted by molar-refractivity contribution is 5.99. The molecule has 1 aliphatic rings. The highest BCUT2D eigenvalue weighted by Gasteiger charge is 2.15. The average molecular weight is 137 g/mol. The standard InChI is InChI=1S/C9H13O/c1-2-3-5-8-6-4-7-9(8)10/h5-6H,2-4,7H2,1H3/b8-5+. The lowest BCUT2D eigenvalue weighted by Gasteiger charge is -1.90. The maximum Gasteiger partial charge on any atom is 0.158 e. The maximum atomic E-state index is 11.0. The molecule has 1 aliphatic carbocycles. The van der Waals surface area contributed by atoms with E-state index < -0.39 is 0 Å². The Morgan fingerprint density at radius 1 is 1.70 bits per heavy atom. The minimum Gasteiger partial charge on any atom is -0.295 e. The van der Waals surface area contributed by atoms with Crippen LogP contribution in [0.4, 0.5) is 0 Å². The molecule has 0 heterocycles. The number of rotatable bonds is 2. The third-order valence-electron chi connectivity index (χ3n) is 1.71. The minimum absolute atomic E-state index is 0.327. The first-order chi connectivity index (χ1) is 4.84. The number of carbonyl (C=O) groups is 1. The van der Waals surface area contributed by atoms with Crippen LogP contribution in [0.5, 0.6) is 0 Å². The fraction of sp³-hybridized carbons (Fsp3) is 0.556. The van der Waals surface area contributed by atoms with Crippen molar-refractivity contribution < 1.29 is 4.79 Å². The molecular formula is C9H13O. The van der Waals surface area contributed by atoms with Gasteiger partial charge in [0.1, 0.15) is 0 Å². The van der Waals surface area contributed by atoms with Gasteiger partial charge in [0.25, 0.3) is 0 Å². The van der Waals surface area contributed by atoms with E-state index in [0.717, 1.165) is 31.3 Å². The van der Waals surface area contributed by atoms with Crippen LogP contribution in [0.3, 0.4) is 0 Å². The Morgan fingerprint density at radius 3 is 3.00 bits per heavy atom. The number of hydrogen-bond acceptors (Lipinski definition) is 1. The third-order valence-corrected chi connectivity index (χ3v) is 1.71. The van der Waals surface area contributed by atoms with Crippen molar-refractivity contribution in [1.82, 2.24) is 0 Å². The van der Waals surface area contributed by atoms with E-state index in [2.05, 4.69) is 13.0 Å². The number of unbranched alkanes of at least 4 members (excludes halogenated alkanes) is 1. The Morgan fingerprint density at radius 2 is 2.50 bits per heavy atom. The Bertz CT molecular complexity index is 156. The van der Waals surface area contributed by atoms with E-state index in [4.69, 9.17) is 0 Å². The van der Waals surface area contributed by atoms with Gasteiger partial charge in [-0.1, -0.05) is 19.4 Å². The zero-order valence-electron chi connectivity index (χ0n) is 6.39. The lowest BCUT2D eigenvalue weighted by atomic mass is 10.1. The van der Waals surface area contributed by atoms with Crippen molar-refractivity contribution in [3.05, 3.63) is 18.1 Å². The quantitative estimate of drug-likeness (QED) is 0.533. The zero-order valence-corrected chi connectivity index (χ0v) is 6.39. The van der Waals surface area contributed by atoms with Crippen molar-refractivity contribution in [3.8, 4) is 0 Å². The number of hydrogen-bond donors (Lipinski definition) is 0. The Balaban J connectivity index is 2.46. The van der Waals surface area contributed by atoms with Gasteiger partial charge < -0.3 is 0 Å². The van der Waals surface area contributed by atoms with Crippen molar-refractivity contribution in [3.63, 3.8) is 0 Å². The first-order valence-electron chi connectivity index (χ1n) is 3.91. The summed E-state index contributed by atoms with van der Waals surface area (Å²) < 4.78 is 0. The minimum atomic E-state index is 0.327. The van der Waals surface area contributed by atoms with Crippen molar-refractivity contribution in [2.24, 2.45) is 0 Å². The van der Waals surface area contributed by atoms with Gasteiger partial charge in [-0.15, -0.1) is 0 Å². The number of Topliss-reactive ketones (excluding diaryl/α,β-unsaturated/α-hetero) is 1. The van der Waals surface area contributed by atoms with Crippen molar-refractivity contribution >= 4 is 5.78 Å². The molecule has 0 amide bonds. The fourth-order valence-electron chi connectivity index (χ4n) is 1.11. The van der Waals surface area contributed by atoms with Gasteiger partial charge in [0.05, 0.1) is 0 Å². The van der Waals surface area contributed by atoms with Crippen LogP contribution < -0.4 is 0 Å². The predicted molar refractivity (Wildman–Crippen MR) is 41.5 cm³/mol. The highest BCUT2D eigenvalue weighted by atomic mass is 16.1. The van der Waals surface area contributed by atoms with E-state index in [1.54, 1.807) is 0 Å². The average Bonchev–Trinajstić information content (AvgIpc) is 2.31. The van der Waals surface area contributed by atoms with Crippen LogP contribution in [0.25, 0.3) is 0 Å². The van der Waals surface area contributed by atoms with E-state index in [1.807, 2.05) is 6.42 Å². The first kappa shape index (κ1) is 7.52. The van der Waals surface area contributed by atoms with E-state index in [-0.39, 0.29) is 0 Å². The lowest BCUT2D eigenvalue weighted by molar-refractivity contribution is -0.114. The summed E-state index contributed by atoms with van der Waals surface area (Å²) in [5, 5.41) is 0. The van der Waals surface area contributed by atoms with E-state index in [0.29, 0.717) is 5.78 Å². The molecule has 0 aromatic carbocycles. The van der Waals surface area contributed by atoms with E-state index >= 15 is 0 Å². The monoisotopic (exact) mass is 137 g/mol. The Labute approximate surface area is 62.1 Å². The summed E-state index contributed by atoms with van der Waals surface area (Å²) in [6.45, 7) is 2.12. The molecular weight excluding hydrogens is 124 g/mol. The second-order valence-electron chi connectivity index (χ2n) is 2.61. The highest BCUT2D eigenvalue weighted by Crippen LogP contribution is 2.19. The van der Waals surface area contributed by atoms with Gasteiger partial charge in [0.15, 0.2) is 5.78 Å². The van der Waals surface area contributed by atoms with Crippen molar-refractivity contribution in [2.45, 2.75) is 32.6 Å². The molecule has 0 atom stereocenters. The molecule has 1 nitrogen and oxygen atoms in total. The molecule has 0 spiro atoms. The molecule has 0 bridgehead atoms. The number of ketones is 1. The smallest absolute Gasteiger partial charge is 0.158 e. The van der Waals surface area contributed by atoms with Gasteiger partial charge >= 0.3 is 0 Å². The second-order valence-corrected chi connectivity index (χ2v) is 2.61. The molecule has 0 aromatic rings. The van der Waals surface area contributed by atoms with E-state index in [9.17, 15) is 4.79 Å². The Hall–Kier alpha value is -0.590. The van der Waals surface area contributed by atoms with Crippen LogP contribution in [0, 0.1) is 6.42 Å². The summed E-state index contributed by atoms with van der Waals surface area (Å²) in [6, 6.07) is 0. The molecule has 1 saturated carbocycles. The maximum absolute atomic E-state index is 11.0. The van der Waals surface area contributed by atoms with Crippen molar-refractivity contribution in [1.29, 1.82) is 0 Å². The molecule has 0 aromatic heterocycles. The summed E-state index contributed by atoms with van der Waals surface area (Å²) in [4.78, 5) is 11.0. The zero-order chi connectivity index (χ0) is 7.40. The molecule has 55 valence electrons. The molecule has 1 rings (SSSR count). The number of carbonyl (C=O) groups excluding carboxylic acids is 1. The van der Waals surface area contributed by atoms with Crippen LogP contribution in [0.1, 0.15) is 32.6 Å². The normalized spacial score (nSPS) is 22.5. The number of allylic oxidation sites excluding steroid dienone is 2. The summed E-state index contributed by atoms with van der Waals surface area (Å²) in [5.74, 6) is 0.327. The van der Waals surface area contributed by atoms with Gasteiger partial charge in [-0.25, -0.2) is 0 Å².